The van der Waals surface area contributed by atoms with Crippen LogP contribution in [0, 0.1) is 0 Å². The molecule has 0 spiro atoms. The Labute approximate surface area is 181 Å². The monoisotopic (exact) mass is 477 g/mol. The Morgan fingerprint density at radius 3 is 2.22 bits per heavy atom. The van der Waals surface area contributed by atoms with Gasteiger partial charge < -0.3 is 9.84 Å². The van der Waals surface area contributed by atoms with Gasteiger partial charge in [-0.15, -0.1) is 0 Å². The van der Waals surface area contributed by atoms with Crippen molar-refractivity contribution in [2.45, 2.75) is 88.7 Å². The van der Waals surface area contributed by atoms with E-state index < -0.39 is 54.6 Å². The molecule has 0 aromatic heterocycles. The molecular weight excluding hydrogens is 450 g/mol. The molecule has 11 heteroatoms. The Morgan fingerprint density at radius 2 is 1.66 bits per heavy atom. The van der Waals surface area contributed by atoms with E-state index in [1.807, 2.05) is 0 Å². The van der Waals surface area contributed by atoms with E-state index in [2.05, 4.69) is 0 Å². The molecule has 1 fully saturated rings. The predicted molar refractivity (Wildman–Crippen MR) is 101 cm³/mol. The molecule has 184 valence electrons. The smallest absolute Gasteiger partial charge is 0.382 e. The van der Waals surface area contributed by atoms with Gasteiger partial charge in [-0.2, -0.15) is 35.1 Å². The number of hydrogen-bond donors (Lipinski definition) is 1. The molecule has 3 atom stereocenters. The minimum absolute atomic E-state index is 0.140. The van der Waals surface area contributed by atoms with Gasteiger partial charge in [0.2, 0.25) is 0 Å². The van der Waals surface area contributed by atoms with Crippen LogP contribution in [0.3, 0.4) is 0 Å². The second-order valence-corrected chi connectivity index (χ2v) is 8.34. The summed E-state index contributed by atoms with van der Waals surface area (Å²) in [7, 11) is 0. The van der Waals surface area contributed by atoms with Crippen LogP contribution in [0.4, 0.5) is 35.1 Å². The topological polar surface area (TPSA) is 32.7 Å². The van der Waals surface area contributed by atoms with Crippen LogP contribution in [-0.4, -0.2) is 53.3 Å². The zero-order chi connectivity index (χ0) is 24.3. The molecule has 0 amide bonds. The van der Waals surface area contributed by atoms with Gasteiger partial charge in [0.15, 0.2) is 6.10 Å². The van der Waals surface area contributed by atoms with Gasteiger partial charge in [0.25, 0.3) is 0 Å². The third-order valence-electron chi connectivity index (χ3n) is 5.45. The molecule has 2 rings (SSSR count). The van der Waals surface area contributed by atoms with Gasteiger partial charge in [-0.05, 0) is 45.1 Å². The van der Waals surface area contributed by atoms with Gasteiger partial charge in [0, 0.05) is 24.7 Å². The SMILES string of the molecule is CC(C)OC1CCCC(N(Cc2ccccc2C(F)(F)C(F)(F)F)CC(O)C(F)(F)F)C1. The number of halogens is 8. The number of rotatable bonds is 8. The quantitative estimate of drug-likeness (QED) is 0.481. The van der Waals surface area contributed by atoms with Gasteiger partial charge >= 0.3 is 18.3 Å². The van der Waals surface area contributed by atoms with Gasteiger partial charge in [-0.1, -0.05) is 24.3 Å². The van der Waals surface area contributed by atoms with Crippen LogP contribution >= 0.6 is 0 Å². The lowest BCUT2D eigenvalue weighted by Crippen LogP contribution is -2.48. The molecule has 32 heavy (non-hydrogen) atoms. The highest BCUT2D eigenvalue weighted by molar-refractivity contribution is 5.32. The first-order valence-electron chi connectivity index (χ1n) is 10.3. The van der Waals surface area contributed by atoms with Crippen molar-refractivity contribution in [2.75, 3.05) is 6.54 Å². The lowest BCUT2D eigenvalue weighted by Gasteiger charge is -2.39. The summed E-state index contributed by atoms with van der Waals surface area (Å²) in [4.78, 5) is 1.14. The molecule has 3 unspecified atom stereocenters. The second-order valence-electron chi connectivity index (χ2n) is 8.34. The minimum atomic E-state index is -5.86. The van der Waals surface area contributed by atoms with Crippen LogP contribution in [0.5, 0.6) is 0 Å². The van der Waals surface area contributed by atoms with Gasteiger partial charge in [0.05, 0.1) is 12.2 Å². The fourth-order valence-corrected chi connectivity index (χ4v) is 3.96. The van der Waals surface area contributed by atoms with E-state index in [0.717, 1.165) is 17.0 Å². The average molecular weight is 477 g/mol. The molecule has 0 saturated heterocycles. The summed E-state index contributed by atoms with van der Waals surface area (Å²) in [5, 5.41) is 9.61. The van der Waals surface area contributed by atoms with Crippen molar-refractivity contribution in [1.82, 2.24) is 4.90 Å². The Morgan fingerprint density at radius 1 is 1.03 bits per heavy atom. The van der Waals surface area contributed by atoms with E-state index in [4.69, 9.17) is 4.74 Å². The van der Waals surface area contributed by atoms with E-state index in [-0.39, 0.29) is 18.6 Å². The zero-order valence-electron chi connectivity index (χ0n) is 17.7. The van der Waals surface area contributed by atoms with Gasteiger partial charge in [-0.25, -0.2) is 0 Å². The number of benzene rings is 1. The maximum atomic E-state index is 14.1. The number of ether oxygens (including phenoxy) is 1. The number of nitrogens with zero attached hydrogens (tertiary/aromatic N) is 1. The highest BCUT2D eigenvalue weighted by Crippen LogP contribution is 2.45. The highest BCUT2D eigenvalue weighted by atomic mass is 19.4. The van der Waals surface area contributed by atoms with Crippen LogP contribution in [0.1, 0.15) is 50.7 Å². The van der Waals surface area contributed by atoms with Crippen molar-refractivity contribution in [3.63, 3.8) is 0 Å². The standard InChI is InChI=1S/C21H27F8NO2/c1-13(2)32-16-8-5-7-15(10-16)30(12-18(31)20(24,25)26)11-14-6-3-4-9-17(14)19(22,23)21(27,28)29/h3-4,6,9,13,15-16,18,31H,5,7-8,10-12H2,1-2H3. The van der Waals surface area contributed by atoms with Gasteiger partial charge in [0.1, 0.15) is 0 Å². The Bertz CT molecular complexity index is 735. The molecule has 0 bridgehead atoms. The van der Waals surface area contributed by atoms with E-state index in [1.165, 1.54) is 6.07 Å². The lowest BCUT2D eigenvalue weighted by molar-refractivity contribution is -0.289. The Kier molecular flexibility index (Phi) is 8.55. The van der Waals surface area contributed by atoms with Crippen LogP contribution < -0.4 is 0 Å². The van der Waals surface area contributed by atoms with E-state index >= 15 is 0 Å². The highest BCUT2D eigenvalue weighted by Gasteiger charge is 2.59. The van der Waals surface area contributed by atoms with Crippen LogP contribution in [0.15, 0.2) is 24.3 Å². The van der Waals surface area contributed by atoms with Crippen molar-refractivity contribution < 1.29 is 45.0 Å². The molecule has 3 nitrogen and oxygen atoms in total. The fraction of sp³-hybridized carbons (Fsp3) is 0.714. The first kappa shape index (κ1) is 26.8. The maximum Gasteiger partial charge on any atom is 0.458 e. The summed E-state index contributed by atoms with van der Waals surface area (Å²) in [6.07, 6.45) is -12.1. The first-order valence-corrected chi connectivity index (χ1v) is 10.3. The predicted octanol–water partition coefficient (Wildman–Crippen LogP) is 5.80. The fourth-order valence-electron chi connectivity index (χ4n) is 3.96. The largest absolute Gasteiger partial charge is 0.458 e. The summed E-state index contributed by atoms with van der Waals surface area (Å²) >= 11 is 0. The first-order chi connectivity index (χ1) is 14.6. The Hall–Kier alpha value is -1.46. The van der Waals surface area contributed by atoms with Crippen molar-refractivity contribution in [3.05, 3.63) is 35.4 Å². The molecule has 1 aromatic carbocycles. The summed E-state index contributed by atoms with van der Waals surface area (Å²) < 4.78 is 112. The maximum absolute atomic E-state index is 14.1. The van der Waals surface area contributed by atoms with Crippen LogP contribution in [-0.2, 0) is 17.2 Å². The molecule has 1 aliphatic rings. The van der Waals surface area contributed by atoms with Crippen molar-refractivity contribution in [3.8, 4) is 0 Å². The number of aliphatic hydroxyl groups is 1. The minimum Gasteiger partial charge on any atom is -0.382 e. The summed E-state index contributed by atoms with van der Waals surface area (Å²) in [6, 6.07) is 3.33. The van der Waals surface area contributed by atoms with Crippen molar-refractivity contribution >= 4 is 0 Å². The molecule has 1 aliphatic carbocycles. The van der Waals surface area contributed by atoms with E-state index in [9.17, 15) is 40.2 Å². The molecule has 0 aliphatic heterocycles. The molecule has 1 aromatic rings. The molecule has 1 saturated carbocycles. The summed E-state index contributed by atoms with van der Waals surface area (Å²) in [5.41, 5.74) is -1.76. The molecular formula is C21H27F8NO2. The average Bonchev–Trinajstić information content (AvgIpc) is 2.65. The molecule has 0 radical (unpaired) electrons. The van der Waals surface area contributed by atoms with Crippen molar-refractivity contribution in [1.29, 1.82) is 0 Å². The number of hydrogen-bond acceptors (Lipinski definition) is 3. The van der Waals surface area contributed by atoms with E-state index in [0.29, 0.717) is 25.3 Å². The third kappa shape index (κ3) is 6.77. The Balaban J connectivity index is 2.36. The lowest BCUT2D eigenvalue weighted by atomic mass is 9.90. The van der Waals surface area contributed by atoms with Crippen LogP contribution in [0.2, 0.25) is 0 Å². The normalized spacial score (nSPS) is 21.9. The number of aliphatic hydroxyl groups excluding tert-OH is 1. The van der Waals surface area contributed by atoms with Crippen molar-refractivity contribution in [2.24, 2.45) is 0 Å². The van der Waals surface area contributed by atoms with Crippen LogP contribution in [0.25, 0.3) is 0 Å². The third-order valence-corrected chi connectivity index (χ3v) is 5.45. The molecule has 1 N–H and O–H groups in total. The summed E-state index contributed by atoms with van der Waals surface area (Å²) in [6.45, 7) is 2.04. The van der Waals surface area contributed by atoms with E-state index in [1.54, 1.807) is 13.8 Å². The van der Waals surface area contributed by atoms with Gasteiger partial charge in [-0.3, -0.25) is 4.90 Å². The summed E-state index contributed by atoms with van der Waals surface area (Å²) in [5.74, 6) is -5.17. The second kappa shape index (κ2) is 10.2. The number of alkyl halides is 8. The zero-order valence-corrected chi connectivity index (χ0v) is 17.7. The molecule has 0 heterocycles.